The Balaban J connectivity index is 2.12. The van der Waals surface area contributed by atoms with Crippen molar-refractivity contribution in [3.8, 4) is 0 Å². The van der Waals surface area contributed by atoms with Crippen molar-refractivity contribution < 1.29 is 0 Å². The molecule has 1 N–H and O–H groups in total. The molecule has 1 heteroatoms. The van der Waals surface area contributed by atoms with E-state index < -0.39 is 0 Å². The highest BCUT2D eigenvalue weighted by Gasteiger charge is 2.20. The monoisotopic (exact) mass is 197 g/mol. The number of hydrogen-bond donors (Lipinski definition) is 1. The van der Waals surface area contributed by atoms with E-state index in [1.54, 1.807) is 0 Å². The molecule has 14 heavy (non-hydrogen) atoms. The standard InChI is InChI=1S/C13H27N/c1-4-7-13(5-2)14-11(3)10-12-8-6-9-12/h11-14H,4-10H2,1-3H3. The lowest BCUT2D eigenvalue weighted by molar-refractivity contribution is 0.254. The van der Waals surface area contributed by atoms with E-state index in [9.17, 15) is 0 Å². The summed E-state index contributed by atoms with van der Waals surface area (Å²) in [5, 5.41) is 3.77. The third-order valence-corrected chi connectivity index (χ3v) is 3.56. The van der Waals surface area contributed by atoms with Crippen molar-refractivity contribution in [1.29, 1.82) is 0 Å². The van der Waals surface area contributed by atoms with Crippen LogP contribution in [0.1, 0.15) is 65.7 Å². The van der Waals surface area contributed by atoms with E-state index in [0.717, 1.165) is 18.0 Å². The average Bonchev–Trinajstić information content (AvgIpc) is 2.11. The van der Waals surface area contributed by atoms with Crippen LogP contribution in [0.2, 0.25) is 0 Å². The van der Waals surface area contributed by atoms with E-state index >= 15 is 0 Å². The van der Waals surface area contributed by atoms with Crippen molar-refractivity contribution in [2.75, 3.05) is 0 Å². The van der Waals surface area contributed by atoms with Gasteiger partial charge in [-0.2, -0.15) is 0 Å². The molecule has 1 aliphatic rings. The van der Waals surface area contributed by atoms with Gasteiger partial charge in [0.05, 0.1) is 0 Å². The van der Waals surface area contributed by atoms with Gasteiger partial charge in [0.1, 0.15) is 0 Å². The number of hydrogen-bond acceptors (Lipinski definition) is 1. The van der Waals surface area contributed by atoms with Crippen molar-refractivity contribution in [3.63, 3.8) is 0 Å². The van der Waals surface area contributed by atoms with Crippen LogP contribution in [0.15, 0.2) is 0 Å². The second kappa shape index (κ2) is 6.44. The first kappa shape index (κ1) is 12.0. The SMILES string of the molecule is CCCC(CC)NC(C)CC1CCC1. The van der Waals surface area contributed by atoms with Gasteiger partial charge in [0.2, 0.25) is 0 Å². The lowest BCUT2D eigenvalue weighted by Crippen LogP contribution is -2.38. The molecule has 1 nitrogen and oxygen atoms in total. The van der Waals surface area contributed by atoms with Crippen LogP contribution < -0.4 is 5.32 Å². The zero-order valence-electron chi connectivity index (χ0n) is 10.2. The Hall–Kier alpha value is -0.0400. The highest BCUT2D eigenvalue weighted by Crippen LogP contribution is 2.30. The van der Waals surface area contributed by atoms with Crippen LogP contribution >= 0.6 is 0 Å². The van der Waals surface area contributed by atoms with E-state index in [4.69, 9.17) is 0 Å². The Labute approximate surface area is 89.7 Å². The summed E-state index contributed by atoms with van der Waals surface area (Å²) in [6, 6.07) is 1.49. The van der Waals surface area contributed by atoms with Crippen LogP contribution in [0, 0.1) is 5.92 Å². The summed E-state index contributed by atoms with van der Waals surface area (Å²) in [6.45, 7) is 6.93. The second-order valence-electron chi connectivity index (χ2n) is 4.99. The van der Waals surface area contributed by atoms with Gasteiger partial charge in [-0.05, 0) is 32.1 Å². The summed E-state index contributed by atoms with van der Waals surface area (Å²) < 4.78 is 0. The predicted molar refractivity (Wildman–Crippen MR) is 63.5 cm³/mol. The topological polar surface area (TPSA) is 12.0 Å². The molecule has 1 rings (SSSR count). The van der Waals surface area contributed by atoms with Crippen LogP contribution in [-0.4, -0.2) is 12.1 Å². The lowest BCUT2D eigenvalue weighted by Gasteiger charge is -2.30. The maximum atomic E-state index is 3.77. The van der Waals surface area contributed by atoms with Crippen LogP contribution in [-0.2, 0) is 0 Å². The highest BCUT2D eigenvalue weighted by molar-refractivity contribution is 4.77. The van der Waals surface area contributed by atoms with Crippen molar-refractivity contribution in [3.05, 3.63) is 0 Å². The molecule has 1 aliphatic carbocycles. The normalized spacial score (nSPS) is 21.6. The van der Waals surface area contributed by atoms with E-state index in [1.807, 2.05) is 0 Å². The molecule has 0 amide bonds. The van der Waals surface area contributed by atoms with Gasteiger partial charge in [0.15, 0.2) is 0 Å². The Morgan fingerprint density at radius 3 is 2.43 bits per heavy atom. The molecule has 1 saturated carbocycles. The largest absolute Gasteiger partial charge is 0.312 e. The maximum absolute atomic E-state index is 3.77. The first-order valence-corrected chi connectivity index (χ1v) is 6.52. The summed E-state index contributed by atoms with van der Waals surface area (Å²) in [5.41, 5.74) is 0. The molecule has 2 atom stereocenters. The van der Waals surface area contributed by atoms with Gasteiger partial charge in [0.25, 0.3) is 0 Å². The maximum Gasteiger partial charge on any atom is 0.00668 e. The fourth-order valence-electron chi connectivity index (χ4n) is 2.45. The molecule has 2 unspecified atom stereocenters. The molecule has 0 bridgehead atoms. The molecule has 0 aromatic carbocycles. The van der Waals surface area contributed by atoms with Crippen LogP contribution in [0.4, 0.5) is 0 Å². The summed E-state index contributed by atoms with van der Waals surface area (Å²) in [7, 11) is 0. The fraction of sp³-hybridized carbons (Fsp3) is 1.00. The van der Waals surface area contributed by atoms with E-state index in [-0.39, 0.29) is 0 Å². The number of rotatable bonds is 7. The predicted octanol–water partition coefficient (Wildman–Crippen LogP) is 3.73. The van der Waals surface area contributed by atoms with Gasteiger partial charge in [-0.15, -0.1) is 0 Å². The van der Waals surface area contributed by atoms with Gasteiger partial charge >= 0.3 is 0 Å². The third kappa shape index (κ3) is 4.00. The number of nitrogens with one attached hydrogen (secondary N) is 1. The molecule has 0 aliphatic heterocycles. The summed E-state index contributed by atoms with van der Waals surface area (Å²) in [5.74, 6) is 1.04. The molecule has 0 radical (unpaired) electrons. The first-order chi connectivity index (χ1) is 6.76. The molecule has 0 aromatic rings. The zero-order valence-corrected chi connectivity index (χ0v) is 10.2. The van der Waals surface area contributed by atoms with Gasteiger partial charge in [-0.25, -0.2) is 0 Å². The Kier molecular flexibility index (Phi) is 5.54. The summed E-state index contributed by atoms with van der Waals surface area (Å²) in [4.78, 5) is 0. The van der Waals surface area contributed by atoms with Gasteiger partial charge in [0, 0.05) is 12.1 Å². The molecular weight excluding hydrogens is 170 g/mol. The van der Waals surface area contributed by atoms with Crippen LogP contribution in [0.5, 0.6) is 0 Å². The van der Waals surface area contributed by atoms with Crippen molar-refractivity contribution in [2.24, 2.45) is 5.92 Å². The highest BCUT2D eigenvalue weighted by atomic mass is 14.9. The van der Waals surface area contributed by atoms with Crippen molar-refractivity contribution in [1.82, 2.24) is 5.32 Å². The van der Waals surface area contributed by atoms with Gasteiger partial charge < -0.3 is 5.32 Å². The zero-order chi connectivity index (χ0) is 10.4. The summed E-state index contributed by atoms with van der Waals surface area (Å²) in [6.07, 6.45) is 9.77. The van der Waals surface area contributed by atoms with Crippen LogP contribution in [0.3, 0.4) is 0 Å². The Morgan fingerprint density at radius 1 is 1.29 bits per heavy atom. The van der Waals surface area contributed by atoms with E-state index in [2.05, 4.69) is 26.1 Å². The molecule has 0 aromatic heterocycles. The molecule has 84 valence electrons. The minimum Gasteiger partial charge on any atom is -0.312 e. The molecule has 0 heterocycles. The molecule has 0 saturated heterocycles. The van der Waals surface area contributed by atoms with Gasteiger partial charge in [-0.1, -0.05) is 39.5 Å². The Bertz CT molecular complexity index is 140. The van der Waals surface area contributed by atoms with Crippen LogP contribution in [0.25, 0.3) is 0 Å². The smallest absolute Gasteiger partial charge is 0.00668 e. The molecule has 1 fully saturated rings. The molecular formula is C13H27N. The Morgan fingerprint density at radius 2 is 2.00 bits per heavy atom. The van der Waals surface area contributed by atoms with Gasteiger partial charge in [-0.3, -0.25) is 0 Å². The van der Waals surface area contributed by atoms with Crippen molar-refractivity contribution >= 4 is 0 Å². The molecule has 0 spiro atoms. The average molecular weight is 197 g/mol. The third-order valence-electron chi connectivity index (χ3n) is 3.56. The minimum atomic E-state index is 0.733. The first-order valence-electron chi connectivity index (χ1n) is 6.52. The minimum absolute atomic E-state index is 0.733. The van der Waals surface area contributed by atoms with Crippen molar-refractivity contribution in [2.45, 2.75) is 77.8 Å². The summed E-state index contributed by atoms with van der Waals surface area (Å²) >= 11 is 0. The fourth-order valence-corrected chi connectivity index (χ4v) is 2.45. The van der Waals surface area contributed by atoms with E-state index in [1.165, 1.54) is 44.9 Å². The lowest BCUT2D eigenvalue weighted by atomic mass is 9.81. The van der Waals surface area contributed by atoms with E-state index in [0.29, 0.717) is 0 Å². The quantitative estimate of drug-likeness (QED) is 0.655. The second-order valence-corrected chi connectivity index (χ2v) is 4.99.